The molecule has 9 heteroatoms. The SMILES string of the molecule is O=S(=O)(Nc1nc2c(s1)CCC2)c1ccc(Cl)c(Cl)c1Cl. The van der Waals surface area contributed by atoms with Crippen LogP contribution in [0.2, 0.25) is 15.1 Å². The zero-order valence-corrected chi connectivity index (χ0v) is 14.4. The van der Waals surface area contributed by atoms with Crippen molar-refractivity contribution in [3.05, 3.63) is 37.8 Å². The summed E-state index contributed by atoms with van der Waals surface area (Å²) in [6, 6.07) is 2.71. The molecule has 1 aromatic carbocycles. The van der Waals surface area contributed by atoms with Gasteiger partial charge in [-0.2, -0.15) is 0 Å². The average molecular weight is 384 g/mol. The molecule has 21 heavy (non-hydrogen) atoms. The summed E-state index contributed by atoms with van der Waals surface area (Å²) in [5, 5.41) is 0.472. The predicted octanol–water partition coefficient (Wildman–Crippen LogP) is 4.39. The number of hydrogen-bond donors (Lipinski definition) is 1. The third-order valence-electron chi connectivity index (χ3n) is 3.11. The van der Waals surface area contributed by atoms with Crippen molar-refractivity contribution in [1.82, 2.24) is 4.98 Å². The summed E-state index contributed by atoms with van der Waals surface area (Å²) < 4.78 is 27.2. The fourth-order valence-corrected chi connectivity index (χ4v) is 5.38. The molecule has 0 fully saturated rings. The Balaban J connectivity index is 1.95. The van der Waals surface area contributed by atoms with E-state index in [1.807, 2.05) is 0 Å². The molecule has 0 saturated heterocycles. The van der Waals surface area contributed by atoms with Crippen LogP contribution in [0.15, 0.2) is 17.0 Å². The first-order chi connectivity index (χ1) is 9.88. The first kappa shape index (κ1) is 15.4. The lowest BCUT2D eigenvalue weighted by molar-refractivity contribution is 0.601. The van der Waals surface area contributed by atoms with Crippen molar-refractivity contribution in [2.24, 2.45) is 0 Å². The molecule has 0 unspecified atom stereocenters. The first-order valence-corrected chi connectivity index (χ1v) is 9.47. The highest BCUT2D eigenvalue weighted by Gasteiger charge is 2.24. The number of hydrogen-bond acceptors (Lipinski definition) is 4. The summed E-state index contributed by atoms with van der Waals surface area (Å²) in [5.41, 5.74) is 0.970. The van der Waals surface area contributed by atoms with Crippen LogP contribution in [-0.4, -0.2) is 13.4 Å². The molecule has 1 aliphatic carbocycles. The van der Waals surface area contributed by atoms with Crippen molar-refractivity contribution in [3.8, 4) is 0 Å². The lowest BCUT2D eigenvalue weighted by Gasteiger charge is -2.09. The number of benzene rings is 1. The minimum atomic E-state index is -3.85. The topological polar surface area (TPSA) is 59.1 Å². The summed E-state index contributed by atoms with van der Waals surface area (Å²) in [6.07, 6.45) is 2.91. The highest BCUT2D eigenvalue weighted by atomic mass is 35.5. The Morgan fingerprint density at radius 1 is 1.14 bits per heavy atom. The number of nitrogens with zero attached hydrogens (tertiary/aromatic N) is 1. The minimum absolute atomic E-state index is 0.0165. The van der Waals surface area contributed by atoms with Gasteiger partial charge in [-0.15, -0.1) is 11.3 Å². The van der Waals surface area contributed by atoms with E-state index in [4.69, 9.17) is 34.8 Å². The Morgan fingerprint density at radius 3 is 2.62 bits per heavy atom. The molecule has 1 aromatic heterocycles. The Labute approximate surface area is 141 Å². The zero-order valence-electron chi connectivity index (χ0n) is 10.5. The monoisotopic (exact) mass is 382 g/mol. The van der Waals surface area contributed by atoms with Crippen LogP contribution in [0.5, 0.6) is 0 Å². The van der Waals surface area contributed by atoms with Crippen LogP contribution in [0.25, 0.3) is 0 Å². The number of nitrogens with one attached hydrogen (secondary N) is 1. The van der Waals surface area contributed by atoms with Gasteiger partial charge in [0.1, 0.15) is 4.90 Å². The predicted molar refractivity (Wildman–Crippen MR) is 86.4 cm³/mol. The number of halogens is 3. The van der Waals surface area contributed by atoms with Gasteiger partial charge in [0.2, 0.25) is 0 Å². The Hall–Kier alpha value is -0.530. The van der Waals surface area contributed by atoms with Gasteiger partial charge in [0.25, 0.3) is 10.0 Å². The molecule has 0 aliphatic heterocycles. The van der Waals surface area contributed by atoms with Crippen molar-refractivity contribution in [2.45, 2.75) is 24.2 Å². The lowest BCUT2D eigenvalue weighted by atomic mass is 10.4. The van der Waals surface area contributed by atoms with Crippen LogP contribution in [-0.2, 0) is 22.9 Å². The van der Waals surface area contributed by atoms with E-state index in [1.54, 1.807) is 0 Å². The number of fused-ring (bicyclic) bond motifs is 1. The molecule has 1 N–H and O–H groups in total. The standard InChI is InChI=1S/C12H9Cl3N2O2S2/c13-6-4-5-9(11(15)10(6)14)21(18,19)17-12-16-7-2-1-3-8(7)20-12/h4-5H,1-3H2,(H,16,17). The van der Waals surface area contributed by atoms with Gasteiger partial charge in [-0.05, 0) is 31.4 Å². The van der Waals surface area contributed by atoms with Crippen molar-refractivity contribution < 1.29 is 8.42 Å². The molecule has 1 aliphatic rings. The number of aromatic nitrogens is 1. The van der Waals surface area contributed by atoms with E-state index in [-0.39, 0.29) is 20.0 Å². The molecule has 0 saturated carbocycles. The highest BCUT2D eigenvalue weighted by Crippen LogP contribution is 2.37. The van der Waals surface area contributed by atoms with Gasteiger partial charge in [-0.25, -0.2) is 13.4 Å². The van der Waals surface area contributed by atoms with E-state index in [9.17, 15) is 8.42 Å². The Morgan fingerprint density at radius 2 is 1.90 bits per heavy atom. The first-order valence-electron chi connectivity index (χ1n) is 6.03. The fourth-order valence-electron chi connectivity index (χ4n) is 2.12. The van der Waals surface area contributed by atoms with E-state index in [0.29, 0.717) is 5.13 Å². The zero-order chi connectivity index (χ0) is 15.2. The normalized spacial score (nSPS) is 14.2. The molecular weight excluding hydrogens is 375 g/mol. The quantitative estimate of drug-likeness (QED) is 0.799. The van der Waals surface area contributed by atoms with Crippen LogP contribution >= 0.6 is 46.1 Å². The number of aryl methyl sites for hydroxylation is 2. The summed E-state index contributed by atoms with van der Waals surface area (Å²) in [6.45, 7) is 0. The van der Waals surface area contributed by atoms with Crippen LogP contribution in [0.1, 0.15) is 17.0 Å². The van der Waals surface area contributed by atoms with Crippen molar-refractivity contribution >= 4 is 61.3 Å². The molecule has 2 aromatic rings. The van der Waals surface area contributed by atoms with Crippen LogP contribution in [0.3, 0.4) is 0 Å². The number of anilines is 1. The summed E-state index contributed by atoms with van der Waals surface area (Å²) in [4.78, 5) is 5.31. The van der Waals surface area contributed by atoms with Gasteiger partial charge in [0.15, 0.2) is 5.13 Å². The van der Waals surface area contributed by atoms with Crippen LogP contribution in [0, 0.1) is 0 Å². The van der Waals surface area contributed by atoms with Gasteiger partial charge in [0, 0.05) is 4.88 Å². The van der Waals surface area contributed by atoms with E-state index < -0.39 is 10.0 Å². The average Bonchev–Trinajstić information content (AvgIpc) is 2.95. The summed E-state index contributed by atoms with van der Waals surface area (Å²) in [7, 11) is -3.85. The van der Waals surface area contributed by atoms with Gasteiger partial charge in [-0.1, -0.05) is 34.8 Å². The maximum atomic E-state index is 12.4. The third-order valence-corrected chi connectivity index (χ3v) is 7.10. The van der Waals surface area contributed by atoms with Crippen molar-refractivity contribution in [1.29, 1.82) is 0 Å². The summed E-state index contributed by atoms with van der Waals surface area (Å²) >= 11 is 19.0. The van der Waals surface area contributed by atoms with Crippen molar-refractivity contribution in [3.63, 3.8) is 0 Å². The number of rotatable bonds is 3. The minimum Gasteiger partial charge on any atom is -0.255 e. The van der Waals surface area contributed by atoms with E-state index in [1.165, 1.54) is 23.5 Å². The third kappa shape index (κ3) is 2.87. The highest BCUT2D eigenvalue weighted by molar-refractivity contribution is 7.93. The molecule has 0 radical (unpaired) electrons. The van der Waals surface area contributed by atoms with Gasteiger partial charge >= 0.3 is 0 Å². The van der Waals surface area contributed by atoms with Gasteiger partial charge < -0.3 is 0 Å². The summed E-state index contributed by atoms with van der Waals surface area (Å²) in [5.74, 6) is 0. The van der Waals surface area contributed by atoms with Gasteiger partial charge in [-0.3, -0.25) is 4.72 Å². The molecule has 0 bridgehead atoms. The Bertz CT molecular complexity index is 797. The molecule has 112 valence electrons. The molecule has 1 heterocycles. The maximum Gasteiger partial charge on any atom is 0.265 e. The van der Waals surface area contributed by atoms with E-state index in [2.05, 4.69) is 9.71 Å². The lowest BCUT2D eigenvalue weighted by Crippen LogP contribution is -2.13. The molecule has 4 nitrogen and oxygen atoms in total. The van der Waals surface area contributed by atoms with E-state index >= 15 is 0 Å². The fraction of sp³-hybridized carbons (Fsp3) is 0.250. The van der Waals surface area contributed by atoms with Crippen LogP contribution < -0.4 is 4.72 Å². The van der Waals surface area contributed by atoms with E-state index in [0.717, 1.165) is 29.8 Å². The second-order valence-corrected chi connectivity index (χ2v) is 8.42. The molecule has 0 spiro atoms. The maximum absolute atomic E-state index is 12.4. The molecule has 3 rings (SSSR count). The second-order valence-electron chi connectivity index (χ2n) is 4.52. The Kier molecular flexibility index (Phi) is 4.09. The smallest absolute Gasteiger partial charge is 0.255 e. The molecular formula is C12H9Cl3N2O2S2. The number of sulfonamides is 1. The molecule has 0 amide bonds. The molecule has 0 atom stereocenters. The largest absolute Gasteiger partial charge is 0.265 e. The number of thiazole rings is 1. The van der Waals surface area contributed by atoms with Crippen molar-refractivity contribution in [2.75, 3.05) is 4.72 Å². The van der Waals surface area contributed by atoms with Gasteiger partial charge in [0.05, 0.1) is 20.8 Å². The second kappa shape index (κ2) is 5.59. The van der Waals surface area contributed by atoms with Crippen LogP contribution in [0.4, 0.5) is 5.13 Å².